The number of hydrogen-bond acceptors (Lipinski definition) is 5. The first-order valence-corrected chi connectivity index (χ1v) is 11.2. The highest BCUT2D eigenvalue weighted by atomic mass is 32.2. The predicted molar refractivity (Wildman–Crippen MR) is 117 cm³/mol. The van der Waals surface area contributed by atoms with Crippen LogP contribution in [0.2, 0.25) is 0 Å². The van der Waals surface area contributed by atoms with Gasteiger partial charge in [-0.15, -0.1) is 0 Å². The zero-order valence-corrected chi connectivity index (χ0v) is 19.0. The summed E-state index contributed by atoms with van der Waals surface area (Å²) in [5, 5.41) is 0.645. The molecule has 3 rings (SSSR count). The molecular weight excluding hydrogens is 386 g/mol. The second-order valence-corrected chi connectivity index (χ2v) is 9.03. The highest BCUT2D eigenvalue weighted by molar-refractivity contribution is 8.00. The topological polar surface area (TPSA) is 56.6 Å². The third kappa shape index (κ3) is 4.55. The van der Waals surface area contributed by atoms with E-state index in [4.69, 9.17) is 9.47 Å². The van der Waals surface area contributed by atoms with Gasteiger partial charge in [-0.1, -0.05) is 11.8 Å². The van der Waals surface area contributed by atoms with Crippen LogP contribution in [0.1, 0.15) is 41.5 Å². The molecule has 7 heteroatoms. The Hall–Kier alpha value is -2.15. The first kappa shape index (κ1) is 21.6. The second-order valence-electron chi connectivity index (χ2n) is 7.72. The summed E-state index contributed by atoms with van der Waals surface area (Å²) in [6.45, 7) is 14.2. The van der Waals surface area contributed by atoms with Gasteiger partial charge in [0.2, 0.25) is 5.91 Å². The van der Waals surface area contributed by atoms with Gasteiger partial charge in [-0.3, -0.25) is 4.79 Å². The zero-order valence-electron chi connectivity index (χ0n) is 18.1. The minimum absolute atomic E-state index is 0.145. The van der Waals surface area contributed by atoms with Crippen LogP contribution in [0, 0.1) is 0 Å². The van der Waals surface area contributed by atoms with Crippen LogP contribution in [0.25, 0.3) is 11.3 Å². The van der Waals surface area contributed by atoms with Crippen LogP contribution in [0.5, 0.6) is 11.5 Å². The van der Waals surface area contributed by atoms with Crippen LogP contribution in [-0.4, -0.2) is 50.9 Å². The van der Waals surface area contributed by atoms with Gasteiger partial charge in [-0.05, 0) is 59.7 Å². The molecule has 158 valence electrons. The molecule has 1 aliphatic heterocycles. The van der Waals surface area contributed by atoms with E-state index in [0.29, 0.717) is 13.2 Å². The molecule has 0 saturated heterocycles. The molecule has 1 amide bonds. The van der Waals surface area contributed by atoms with Crippen molar-refractivity contribution in [2.75, 3.05) is 13.2 Å². The van der Waals surface area contributed by atoms with Gasteiger partial charge in [-0.2, -0.15) is 0 Å². The number of imidazole rings is 1. The standard InChI is InChI=1S/C22H31N3O3S/c1-7-24-18(17-8-9-19-20(12-17)28-11-10-27-19)13-23-22(24)29-16(6)21(26)25(14(2)3)15(4)5/h8-9,12-16H,7,10-11H2,1-6H3. The molecule has 1 unspecified atom stereocenters. The fraction of sp³-hybridized carbons (Fsp3) is 0.545. The largest absolute Gasteiger partial charge is 0.486 e. The Bertz CT molecular complexity index is 855. The highest BCUT2D eigenvalue weighted by Crippen LogP contribution is 2.36. The van der Waals surface area contributed by atoms with Crippen molar-refractivity contribution in [2.45, 2.75) is 70.6 Å². The summed E-state index contributed by atoms with van der Waals surface area (Å²) in [6, 6.07) is 6.31. The smallest absolute Gasteiger partial charge is 0.236 e. The molecule has 0 N–H and O–H groups in total. The number of fused-ring (bicyclic) bond motifs is 1. The van der Waals surface area contributed by atoms with E-state index in [1.54, 1.807) is 0 Å². The molecule has 0 spiro atoms. The van der Waals surface area contributed by atoms with Gasteiger partial charge in [-0.25, -0.2) is 4.98 Å². The van der Waals surface area contributed by atoms with Crippen LogP contribution in [0.3, 0.4) is 0 Å². The number of aromatic nitrogens is 2. The normalized spacial score (nSPS) is 14.3. The van der Waals surface area contributed by atoms with Crippen molar-refractivity contribution >= 4 is 17.7 Å². The third-order valence-electron chi connectivity index (χ3n) is 4.97. The quantitative estimate of drug-likeness (QED) is 0.622. The highest BCUT2D eigenvalue weighted by Gasteiger charge is 2.27. The van der Waals surface area contributed by atoms with Crippen molar-refractivity contribution in [3.05, 3.63) is 24.4 Å². The molecule has 6 nitrogen and oxygen atoms in total. The number of ether oxygens (including phenoxy) is 2. The number of benzene rings is 1. The fourth-order valence-electron chi connectivity index (χ4n) is 3.72. The monoisotopic (exact) mass is 417 g/mol. The Morgan fingerprint density at radius 2 is 1.79 bits per heavy atom. The molecular formula is C22H31N3O3S. The molecule has 0 fully saturated rings. The molecule has 2 aromatic rings. The summed E-state index contributed by atoms with van der Waals surface area (Å²) in [5.41, 5.74) is 2.04. The van der Waals surface area contributed by atoms with E-state index in [1.165, 1.54) is 11.8 Å². The molecule has 1 aromatic heterocycles. The molecule has 0 bridgehead atoms. The number of carbonyl (C=O) groups excluding carboxylic acids is 1. The average Bonchev–Trinajstić information content (AvgIpc) is 3.09. The minimum atomic E-state index is -0.208. The van der Waals surface area contributed by atoms with Gasteiger partial charge in [0.1, 0.15) is 13.2 Å². The Morgan fingerprint density at radius 3 is 2.41 bits per heavy atom. The van der Waals surface area contributed by atoms with E-state index in [1.807, 2.05) is 36.2 Å². The van der Waals surface area contributed by atoms with Crippen molar-refractivity contribution in [2.24, 2.45) is 0 Å². The summed E-state index contributed by atoms with van der Waals surface area (Å²) in [7, 11) is 0. The van der Waals surface area contributed by atoms with Crippen molar-refractivity contribution < 1.29 is 14.3 Å². The van der Waals surface area contributed by atoms with Gasteiger partial charge >= 0.3 is 0 Å². The predicted octanol–water partition coefficient (Wildman–Crippen LogP) is 4.47. The first-order valence-electron chi connectivity index (χ1n) is 10.3. The lowest BCUT2D eigenvalue weighted by Gasteiger charge is -2.32. The Kier molecular flexibility index (Phi) is 6.77. The molecule has 2 heterocycles. The molecule has 1 aliphatic rings. The fourth-order valence-corrected chi connectivity index (χ4v) is 4.72. The van der Waals surface area contributed by atoms with Crippen molar-refractivity contribution in [3.63, 3.8) is 0 Å². The van der Waals surface area contributed by atoms with E-state index in [-0.39, 0.29) is 23.2 Å². The lowest BCUT2D eigenvalue weighted by Crippen LogP contribution is -2.45. The molecule has 0 aliphatic carbocycles. The number of carbonyl (C=O) groups is 1. The van der Waals surface area contributed by atoms with Crippen molar-refractivity contribution in [1.29, 1.82) is 0 Å². The molecule has 29 heavy (non-hydrogen) atoms. The number of hydrogen-bond donors (Lipinski definition) is 0. The second kappa shape index (κ2) is 9.11. The van der Waals surface area contributed by atoms with Crippen LogP contribution < -0.4 is 9.47 Å². The van der Waals surface area contributed by atoms with Gasteiger partial charge < -0.3 is 18.9 Å². The summed E-state index contributed by atoms with van der Waals surface area (Å²) < 4.78 is 13.5. The zero-order chi connectivity index (χ0) is 21.1. The van der Waals surface area contributed by atoms with Crippen LogP contribution in [0.15, 0.2) is 29.6 Å². The van der Waals surface area contributed by atoms with Gasteiger partial charge in [0.15, 0.2) is 16.7 Å². The number of nitrogens with zero attached hydrogens (tertiary/aromatic N) is 3. The van der Waals surface area contributed by atoms with Crippen LogP contribution in [-0.2, 0) is 11.3 Å². The van der Waals surface area contributed by atoms with E-state index in [9.17, 15) is 4.79 Å². The van der Waals surface area contributed by atoms with E-state index >= 15 is 0 Å². The third-order valence-corrected chi connectivity index (χ3v) is 6.06. The van der Waals surface area contributed by atoms with Crippen molar-refractivity contribution in [3.8, 4) is 22.8 Å². The Morgan fingerprint density at radius 1 is 1.14 bits per heavy atom. The van der Waals surface area contributed by atoms with Crippen molar-refractivity contribution in [1.82, 2.24) is 14.5 Å². The van der Waals surface area contributed by atoms with E-state index in [2.05, 4.69) is 44.2 Å². The number of thioether (sulfide) groups is 1. The molecule has 1 atom stereocenters. The molecule has 0 radical (unpaired) electrons. The maximum atomic E-state index is 13.0. The van der Waals surface area contributed by atoms with Crippen LogP contribution in [0.4, 0.5) is 0 Å². The Balaban J connectivity index is 1.84. The maximum Gasteiger partial charge on any atom is 0.236 e. The lowest BCUT2D eigenvalue weighted by atomic mass is 10.1. The maximum absolute atomic E-state index is 13.0. The number of amides is 1. The SMILES string of the molecule is CCn1c(-c2ccc3c(c2)OCCO3)cnc1SC(C)C(=O)N(C(C)C)C(C)C. The molecule has 0 saturated carbocycles. The van der Waals surface area contributed by atoms with E-state index < -0.39 is 0 Å². The van der Waals surface area contributed by atoms with E-state index in [0.717, 1.165) is 34.5 Å². The molecule has 1 aromatic carbocycles. The van der Waals surface area contributed by atoms with Crippen LogP contribution >= 0.6 is 11.8 Å². The van der Waals surface area contributed by atoms with Gasteiger partial charge in [0.25, 0.3) is 0 Å². The minimum Gasteiger partial charge on any atom is -0.486 e. The van der Waals surface area contributed by atoms with Gasteiger partial charge in [0, 0.05) is 24.2 Å². The summed E-state index contributed by atoms with van der Waals surface area (Å²) in [4.78, 5) is 19.6. The summed E-state index contributed by atoms with van der Waals surface area (Å²) >= 11 is 1.52. The summed E-state index contributed by atoms with van der Waals surface area (Å²) in [6.07, 6.45) is 1.87. The summed E-state index contributed by atoms with van der Waals surface area (Å²) in [5.74, 6) is 1.69. The first-order chi connectivity index (χ1) is 13.8. The Labute approximate surface area is 177 Å². The number of rotatable bonds is 7. The lowest BCUT2D eigenvalue weighted by molar-refractivity contribution is -0.133. The van der Waals surface area contributed by atoms with Gasteiger partial charge in [0.05, 0.1) is 17.1 Å². The average molecular weight is 418 g/mol.